The Morgan fingerprint density at radius 2 is 1.93 bits per heavy atom. The Bertz CT molecular complexity index is 662. The standard InChI is InChI=1S/C23H37N3O3/c1-24-14-5-9-21(24)17-26(20-11-12-20)23(28)18-25(15-6-16-29-2)22(27)13-10-19-7-3-4-8-19/h5,9,14,19-20H,3-4,6-8,10-13,15-18H2,1-2H3. The van der Waals surface area contributed by atoms with Crippen LogP contribution in [0.2, 0.25) is 0 Å². The maximum atomic E-state index is 13.2. The summed E-state index contributed by atoms with van der Waals surface area (Å²) in [6.07, 6.45) is 11.5. The molecule has 0 aliphatic heterocycles. The van der Waals surface area contributed by atoms with Crippen molar-refractivity contribution in [1.29, 1.82) is 0 Å². The minimum absolute atomic E-state index is 0.0698. The quantitative estimate of drug-likeness (QED) is 0.503. The monoisotopic (exact) mass is 403 g/mol. The topological polar surface area (TPSA) is 54.8 Å². The van der Waals surface area contributed by atoms with Crippen LogP contribution in [-0.2, 0) is 27.9 Å². The Morgan fingerprint density at radius 1 is 1.17 bits per heavy atom. The second kappa shape index (κ2) is 10.8. The normalized spacial score (nSPS) is 16.9. The van der Waals surface area contributed by atoms with Gasteiger partial charge in [0.1, 0.15) is 0 Å². The van der Waals surface area contributed by atoms with Crippen LogP contribution in [0.3, 0.4) is 0 Å². The van der Waals surface area contributed by atoms with E-state index in [1.165, 1.54) is 25.7 Å². The number of aryl methyl sites for hydroxylation is 1. The molecule has 1 heterocycles. The molecule has 3 rings (SSSR count). The average molecular weight is 404 g/mol. The molecular weight excluding hydrogens is 366 g/mol. The Morgan fingerprint density at radius 3 is 2.55 bits per heavy atom. The molecule has 0 bridgehead atoms. The summed E-state index contributed by atoms with van der Waals surface area (Å²) >= 11 is 0. The summed E-state index contributed by atoms with van der Waals surface area (Å²) in [7, 11) is 3.68. The van der Waals surface area contributed by atoms with Crippen molar-refractivity contribution in [3.8, 4) is 0 Å². The molecule has 1 aromatic heterocycles. The number of methoxy groups -OCH3 is 1. The summed E-state index contributed by atoms with van der Waals surface area (Å²) in [5, 5.41) is 0. The molecule has 0 saturated heterocycles. The summed E-state index contributed by atoms with van der Waals surface area (Å²) < 4.78 is 7.22. The molecule has 0 unspecified atom stereocenters. The molecule has 2 aliphatic rings. The summed E-state index contributed by atoms with van der Waals surface area (Å²) in [6.45, 7) is 2.01. The number of hydrogen-bond acceptors (Lipinski definition) is 3. The maximum absolute atomic E-state index is 13.2. The third-order valence-electron chi connectivity index (χ3n) is 6.39. The van der Waals surface area contributed by atoms with E-state index in [1.807, 2.05) is 24.2 Å². The van der Waals surface area contributed by atoms with E-state index >= 15 is 0 Å². The molecule has 0 atom stereocenters. The number of hydrogen-bond donors (Lipinski definition) is 0. The number of ether oxygens (including phenoxy) is 1. The van der Waals surface area contributed by atoms with Crippen LogP contribution >= 0.6 is 0 Å². The molecule has 2 saturated carbocycles. The zero-order valence-corrected chi connectivity index (χ0v) is 18.1. The predicted molar refractivity (Wildman–Crippen MR) is 113 cm³/mol. The first-order valence-electron chi connectivity index (χ1n) is 11.2. The van der Waals surface area contributed by atoms with Gasteiger partial charge < -0.3 is 19.1 Å². The van der Waals surface area contributed by atoms with E-state index in [-0.39, 0.29) is 18.4 Å². The number of aromatic nitrogens is 1. The molecule has 2 fully saturated rings. The Balaban J connectivity index is 1.58. The van der Waals surface area contributed by atoms with E-state index in [4.69, 9.17) is 4.74 Å². The number of nitrogens with zero attached hydrogens (tertiary/aromatic N) is 3. The highest BCUT2D eigenvalue weighted by atomic mass is 16.5. The van der Waals surface area contributed by atoms with Gasteiger partial charge in [-0.25, -0.2) is 0 Å². The van der Waals surface area contributed by atoms with Gasteiger partial charge in [-0.15, -0.1) is 0 Å². The lowest BCUT2D eigenvalue weighted by Gasteiger charge is -2.28. The molecule has 0 aromatic carbocycles. The summed E-state index contributed by atoms with van der Waals surface area (Å²) in [4.78, 5) is 29.8. The second-order valence-electron chi connectivity index (χ2n) is 8.71. The molecule has 29 heavy (non-hydrogen) atoms. The Hall–Kier alpha value is -1.82. The predicted octanol–water partition coefficient (Wildman–Crippen LogP) is 3.35. The van der Waals surface area contributed by atoms with Crippen LogP contribution < -0.4 is 0 Å². The fourth-order valence-electron chi connectivity index (χ4n) is 4.37. The highest BCUT2D eigenvalue weighted by Crippen LogP contribution is 2.30. The van der Waals surface area contributed by atoms with Gasteiger partial charge >= 0.3 is 0 Å². The average Bonchev–Trinajstić information content (AvgIpc) is 3.25. The van der Waals surface area contributed by atoms with Crippen LogP contribution in [0.1, 0.15) is 63.5 Å². The van der Waals surface area contributed by atoms with Crippen LogP contribution in [0.25, 0.3) is 0 Å². The Kier molecular flexibility index (Phi) is 8.16. The molecule has 0 N–H and O–H groups in total. The zero-order valence-electron chi connectivity index (χ0n) is 18.1. The van der Waals surface area contributed by atoms with E-state index in [2.05, 4.69) is 10.6 Å². The van der Waals surface area contributed by atoms with Crippen molar-refractivity contribution >= 4 is 11.8 Å². The van der Waals surface area contributed by atoms with Crippen LogP contribution in [0.4, 0.5) is 0 Å². The van der Waals surface area contributed by atoms with Crippen LogP contribution in [-0.4, -0.2) is 59.0 Å². The van der Waals surface area contributed by atoms with Gasteiger partial charge in [-0.2, -0.15) is 0 Å². The van der Waals surface area contributed by atoms with Crippen molar-refractivity contribution in [2.45, 2.75) is 70.4 Å². The van der Waals surface area contributed by atoms with Crippen LogP contribution in [0.5, 0.6) is 0 Å². The number of rotatable bonds is 12. The third kappa shape index (κ3) is 6.59. The molecule has 6 heteroatoms. The van der Waals surface area contributed by atoms with Gasteiger partial charge in [0.15, 0.2) is 0 Å². The molecule has 0 radical (unpaired) electrons. The first-order valence-corrected chi connectivity index (χ1v) is 11.2. The molecule has 1 aromatic rings. The molecule has 0 spiro atoms. The molecule has 6 nitrogen and oxygen atoms in total. The van der Waals surface area contributed by atoms with Crippen molar-refractivity contribution < 1.29 is 14.3 Å². The van der Waals surface area contributed by atoms with Crippen LogP contribution in [0, 0.1) is 5.92 Å². The van der Waals surface area contributed by atoms with Gasteiger partial charge in [0.05, 0.1) is 13.1 Å². The van der Waals surface area contributed by atoms with Gasteiger partial charge in [-0.05, 0) is 43.7 Å². The van der Waals surface area contributed by atoms with E-state index < -0.39 is 0 Å². The number of amides is 2. The van der Waals surface area contributed by atoms with Gasteiger partial charge in [0, 0.05) is 51.7 Å². The minimum Gasteiger partial charge on any atom is -0.385 e. The minimum atomic E-state index is 0.0698. The van der Waals surface area contributed by atoms with Gasteiger partial charge in [-0.1, -0.05) is 25.7 Å². The SMILES string of the molecule is COCCCN(CC(=O)N(Cc1cccn1C)C1CC1)C(=O)CCC1CCCC1. The third-order valence-corrected chi connectivity index (χ3v) is 6.39. The summed E-state index contributed by atoms with van der Waals surface area (Å²) in [5.74, 6) is 0.882. The van der Waals surface area contributed by atoms with Gasteiger partial charge in [0.25, 0.3) is 0 Å². The summed E-state index contributed by atoms with van der Waals surface area (Å²) in [6, 6.07) is 4.40. The second-order valence-corrected chi connectivity index (χ2v) is 8.71. The highest BCUT2D eigenvalue weighted by Gasteiger charge is 2.34. The lowest BCUT2D eigenvalue weighted by atomic mass is 10.0. The van der Waals surface area contributed by atoms with E-state index in [9.17, 15) is 9.59 Å². The van der Waals surface area contributed by atoms with Crippen LogP contribution in [0.15, 0.2) is 18.3 Å². The zero-order chi connectivity index (χ0) is 20.6. The first kappa shape index (κ1) is 21.9. The van der Waals surface area contributed by atoms with Gasteiger partial charge in [-0.3, -0.25) is 9.59 Å². The fourth-order valence-corrected chi connectivity index (χ4v) is 4.37. The first-order chi connectivity index (χ1) is 14.1. The van der Waals surface area contributed by atoms with Crippen molar-refractivity contribution in [3.63, 3.8) is 0 Å². The lowest BCUT2D eigenvalue weighted by molar-refractivity contribution is -0.141. The van der Waals surface area contributed by atoms with Crippen molar-refractivity contribution in [2.75, 3.05) is 26.8 Å². The largest absolute Gasteiger partial charge is 0.385 e. The maximum Gasteiger partial charge on any atom is 0.242 e. The van der Waals surface area contributed by atoms with Crippen molar-refractivity contribution in [2.24, 2.45) is 13.0 Å². The van der Waals surface area contributed by atoms with Crippen molar-refractivity contribution in [3.05, 3.63) is 24.0 Å². The van der Waals surface area contributed by atoms with E-state index in [0.29, 0.717) is 38.1 Å². The molecule has 162 valence electrons. The smallest absolute Gasteiger partial charge is 0.242 e. The Labute approximate surface area is 175 Å². The highest BCUT2D eigenvalue weighted by molar-refractivity contribution is 5.85. The molecule has 2 aliphatic carbocycles. The fraction of sp³-hybridized carbons (Fsp3) is 0.739. The number of carbonyl (C=O) groups is 2. The molecule has 2 amide bonds. The molecular formula is C23H37N3O3. The lowest BCUT2D eigenvalue weighted by Crippen LogP contribution is -2.44. The van der Waals surface area contributed by atoms with E-state index in [0.717, 1.165) is 31.4 Å². The number of carbonyl (C=O) groups excluding carboxylic acids is 2. The van der Waals surface area contributed by atoms with Gasteiger partial charge in [0.2, 0.25) is 11.8 Å². The summed E-state index contributed by atoms with van der Waals surface area (Å²) in [5.41, 5.74) is 1.13. The van der Waals surface area contributed by atoms with Crippen molar-refractivity contribution in [1.82, 2.24) is 14.4 Å². The van der Waals surface area contributed by atoms with E-state index in [1.54, 1.807) is 12.0 Å².